The standard InChI is InChI=1S/C8H5ClN2O3/c1-3-5-4(14-11-3)2-10-7(6(5)9)8(12)13/h2H,1H3,(H,12,13). The molecule has 2 aromatic heterocycles. The Morgan fingerprint density at radius 3 is 3.00 bits per heavy atom. The normalized spacial score (nSPS) is 10.7. The Bertz CT molecular complexity index is 521. The van der Waals surface area contributed by atoms with E-state index >= 15 is 0 Å². The largest absolute Gasteiger partial charge is 0.476 e. The van der Waals surface area contributed by atoms with Gasteiger partial charge < -0.3 is 9.63 Å². The molecule has 5 nitrogen and oxygen atoms in total. The fourth-order valence-electron chi connectivity index (χ4n) is 1.19. The predicted molar refractivity (Wildman–Crippen MR) is 48.5 cm³/mol. The zero-order valence-corrected chi connectivity index (χ0v) is 7.87. The molecular weight excluding hydrogens is 208 g/mol. The first-order valence-corrected chi connectivity index (χ1v) is 4.13. The highest BCUT2D eigenvalue weighted by molar-refractivity contribution is 6.38. The molecule has 0 aliphatic carbocycles. The number of halogens is 1. The van der Waals surface area contributed by atoms with Crippen LogP contribution in [0.15, 0.2) is 10.7 Å². The topological polar surface area (TPSA) is 76.2 Å². The molecule has 0 spiro atoms. The van der Waals surface area contributed by atoms with E-state index in [1.54, 1.807) is 6.92 Å². The highest BCUT2D eigenvalue weighted by Crippen LogP contribution is 2.27. The van der Waals surface area contributed by atoms with E-state index in [1.807, 2.05) is 0 Å². The Balaban J connectivity index is 2.86. The Hall–Kier alpha value is -1.62. The summed E-state index contributed by atoms with van der Waals surface area (Å²) in [6.45, 7) is 1.68. The van der Waals surface area contributed by atoms with Crippen LogP contribution in [0.3, 0.4) is 0 Å². The Morgan fingerprint density at radius 1 is 1.64 bits per heavy atom. The van der Waals surface area contributed by atoms with Gasteiger partial charge in [0.05, 0.1) is 22.3 Å². The van der Waals surface area contributed by atoms with Crippen LogP contribution in [0.25, 0.3) is 11.0 Å². The molecule has 14 heavy (non-hydrogen) atoms. The molecule has 2 aromatic rings. The molecule has 2 rings (SSSR count). The molecule has 72 valence electrons. The maximum Gasteiger partial charge on any atom is 0.356 e. The van der Waals surface area contributed by atoms with Gasteiger partial charge in [-0.25, -0.2) is 9.78 Å². The van der Waals surface area contributed by atoms with Crippen LogP contribution in [0.5, 0.6) is 0 Å². The second-order valence-electron chi connectivity index (χ2n) is 2.73. The molecule has 0 amide bonds. The third kappa shape index (κ3) is 1.13. The molecule has 0 atom stereocenters. The summed E-state index contributed by atoms with van der Waals surface area (Å²) in [6, 6.07) is 0. The van der Waals surface area contributed by atoms with Crippen LogP contribution < -0.4 is 0 Å². The summed E-state index contributed by atoms with van der Waals surface area (Å²) >= 11 is 5.84. The minimum Gasteiger partial charge on any atom is -0.476 e. The number of nitrogens with zero attached hydrogens (tertiary/aromatic N) is 2. The van der Waals surface area contributed by atoms with E-state index in [1.165, 1.54) is 6.20 Å². The molecular formula is C8H5ClN2O3. The van der Waals surface area contributed by atoms with Gasteiger partial charge >= 0.3 is 5.97 Å². The third-order valence-electron chi connectivity index (χ3n) is 1.83. The maximum atomic E-state index is 10.7. The molecule has 0 bridgehead atoms. The highest BCUT2D eigenvalue weighted by atomic mass is 35.5. The number of carboxylic acid groups (broad SMARTS) is 1. The Labute approximate surface area is 83.3 Å². The van der Waals surface area contributed by atoms with Gasteiger partial charge in [0.1, 0.15) is 0 Å². The third-order valence-corrected chi connectivity index (χ3v) is 2.20. The van der Waals surface area contributed by atoms with Crippen molar-refractivity contribution in [2.75, 3.05) is 0 Å². The van der Waals surface area contributed by atoms with Crippen molar-refractivity contribution in [2.45, 2.75) is 6.92 Å². The van der Waals surface area contributed by atoms with Crippen LogP contribution in [0.4, 0.5) is 0 Å². The van der Waals surface area contributed by atoms with Crippen molar-refractivity contribution < 1.29 is 14.4 Å². The zero-order valence-electron chi connectivity index (χ0n) is 7.11. The van der Waals surface area contributed by atoms with Gasteiger partial charge in [0.25, 0.3) is 0 Å². The summed E-state index contributed by atoms with van der Waals surface area (Å²) in [5, 5.41) is 13.0. The summed E-state index contributed by atoms with van der Waals surface area (Å²) in [4.78, 5) is 14.4. The molecule has 2 heterocycles. The molecule has 0 aromatic carbocycles. The molecule has 0 fully saturated rings. The van der Waals surface area contributed by atoms with Crippen LogP contribution in [-0.4, -0.2) is 21.2 Å². The number of fused-ring (bicyclic) bond motifs is 1. The number of rotatable bonds is 1. The smallest absolute Gasteiger partial charge is 0.356 e. The molecule has 1 N–H and O–H groups in total. The van der Waals surface area contributed by atoms with E-state index in [2.05, 4.69) is 10.1 Å². The number of aromatic carboxylic acids is 1. The average Bonchev–Trinajstić information content (AvgIpc) is 2.48. The lowest BCUT2D eigenvalue weighted by Gasteiger charge is -1.97. The van der Waals surface area contributed by atoms with Crippen LogP contribution >= 0.6 is 11.6 Å². The van der Waals surface area contributed by atoms with Crippen molar-refractivity contribution in [2.24, 2.45) is 0 Å². The maximum absolute atomic E-state index is 10.7. The molecule has 0 saturated carbocycles. The fourth-order valence-corrected chi connectivity index (χ4v) is 1.55. The highest BCUT2D eigenvalue weighted by Gasteiger charge is 2.17. The Kier molecular flexibility index (Phi) is 1.89. The number of hydrogen-bond donors (Lipinski definition) is 1. The van der Waals surface area contributed by atoms with Gasteiger partial charge in [0.15, 0.2) is 11.3 Å². The van der Waals surface area contributed by atoms with Crippen molar-refractivity contribution >= 4 is 28.5 Å². The first kappa shape index (κ1) is 8.96. The van der Waals surface area contributed by atoms with Gasteiger partial charge in [-0.1, -0.05) is 16.8 Å². The quantitative estimate of drug-likeness (QED) is 0.781. The Morgan fingerprint density at radius 2 is 2.36 bits per heavy atom. The first-order valence-electron chi connectivity index (χ1n) is 3.75. The number of carbonyl (C=O) groups is 1. The fraction of sp³-hybridized carbons (Fsp3) is 0.125. The van der Waals surface area contributed by atoms with E-state index in [0.717, 1.165) is 0 Å². The van der Waals surface area contributed by atoms with Crippen molar-refractivity contribution in [3.8, 4) is 0 Å². The van der Waals surface area contributed by atoms with Crippen LogP contribution in [0.2, 0.25) is 5.02 Å². The van der Waals surface area contributed by atoms with E-state index in [9.17, 15) is 4.79 Å². The van der Waals surface area contributed by atoms with Crippen molar-refractivity contribution in [1.29, 1.82) is 0 Å². The summed E-state index contributed by atoms with van der Waals surface area (Å²) in [6.07, 6.45) is 1.30. The van der Waals surface area contributed by atoms with E-state index in [4.69, 9.17) is 21.2 Å². The van der Waals surface area contributed by atoms with Crippen molar-refractivity contribution in [3.63, 3.8) is 0 Å². The molecule has 0 radical (unpaired) electrons. The molecule has 0 saturated heterocycles. The van der Waals surface area contributed by atoms with Crippen LogP contribution in [0, 0.1) is 6.92 Å². The van der Waals surface area contributed by atoms with Crippen LogP contribution in [-0.2, 0) is 0 Å². The van der Waals surface area contributed by atoms with Crippen molar-refractivity contribution in [3.05, 3.63) is 22.6 Å². The van der Waals surface area contributed by atoms with E-state index in [-0.39, 0.29) is 10.7 Å². The molecule has 6 heteroatoms. The predicted octanol–water partition coefficient (Wildman–Crippen LogP) is 1.88. The van der Waals surface area contributed by atoms with Gasteiger partial charge in [0, 0.05) is 0 Å². The number of pyridine rings is 1. The lowest BCUT2D eigenvalue weighted by Crippen LogP contribution is -2.00. The van der Waals surface area contributed by atoms with E-state index < -0.39 is 5.97 Å². The molecule has 0 unspecified atom stereocenters. The minimum absolute atomic E-state index is 0.0637. The van der Waals surface area contributed by atoms with Gasteiger partial charge in [-0.2, -0.15) is 0 Å². The molecule has 0 aliphatic heterocycles. The van der Waals surface area contributed by atoms with Gasteiger partial charge in [-0.05, 0) is 6.92 Å². The second kappa shape index (κ2) is 2.95. The van der Waals surface area contributed by atoms with Gasteiger partial charge in [-0.15, -0.1) is 0 Å². The van der Waals surface area contributed by atoms with Gasteiger partial charge in [0.2, 0.25) is 0 Å². The van der Waals surface area contributed by atoms with Crippen molar-refractivity contribution in [1.82, 2.24) is 10.1 Å². The summed E-state index contributed by atoms with van der Waals surface area (Å²) < 4.78 is 4.87. The minimum atomic E-state index is -1.17. The zero-order chi connectivity index (χ0) is 10.3. The van der Waals surface area contributed by atoms with E-state index in [0.29, 0.717) is 16.7 Å². The summed E-state index contributed by atoms with van der Waals surface area (Å²) in [5.41, 5.74) is 0.748. The number of hydrogen-bond acceptors (Lipinski definition) is 4. The first-order chi connectivity index (χ1) is 6.61. The molecule has 0 aliphatic rings. The average molecular weight is 213 g/mol. The lowest BCUT2D eigenvalue weighted by atomic mass is 10.2. The monoisotopic (exact) mass is 212 g/mol. The summed E-state index contributed by atoms with van der Waals surface area (Å²) in [5.74, 6) is -1.17. The number of carboxylic acids is 1. The second-order valence-corrected chi connectivity index (χ2v) is 3.11. The van der Waals surface area contributed by atoms with Gasteiger partial charge in [-0.3, -0.25) is 0 Å². The SMILES string of the molecule is Cc1noc2cnc(C(=O)O)c(Cl)c12. The summed E-state index contributed by atoms with van der Waals surface area (Å²) in [7, 11) is 0. The number of aryl methyl sites for hydroxylation is 1. The lowest BCUT2D eigenvalue weighted by molar-refractivity contribution is 0.0691. The van der Waals surface area contributed by atoms with Crippen LogP contribution in [0.1, 0.15) is 16.2 Å². The number of aromatic nitrogens is 2.